The molecule has 102 valence electrons. The SMILES string of the molecule is O=C([O-])C(=O)[O-].O=C([O-])C(=O)[O-].O=C([O-])C(=O)[O-].[Li+].[V+5]. The van der Waals surface area contributed by atoms with E-state index < -0.39 is 35.8 Å². The number of carbonyl (C=O) groups is 6. The summed E-state index contributed by atoms with van der Waals surface area (Å²) in [5, 5.41) is 53.6. The molecule has 0 atom stereocenters. The monoisotopic (exact) mass is 322 g/mol. The van der Waals surface area contributed by atoms with E-state index in [2.05, 4.69) is 0 Å². The molecule has 0 aliphatic carbocycles. The van der Waals surface area contributed by atoms with E-state index >= 15 is 0 Å². The van der Waals surface area contributed by atoms with Gasteiger partial charge in [0.05, 0.1) is 35.8 Å². The predicted molar refractivity (Wildman–Crippen MR) is 30.0 cm³/mol. The fraction of sp³-hybridized carbons (Fsp3) is 0. The second-order valence-corrected chi connectivity index (χ2v) is 1.72. The number of carboxylic acids is 6. The summed E-state index contributed by atoms with van der Waals surface area (Å²) in [6.45, 7) is 0. The van der Waals surface area contributed by atoms with Crippen LogP contribution in [-0.4, -0.2) is 35.8 Å². The minimum absolute atomic E-state index is 0. The molecule has 0 amide bonds. The van der Waals surface area contributed by atoms with Crippen molar-refractivity contribution in [2.75, 3.05) is 0 Å². The Morgan fingerprint density at radius 3 is 0.450 bits per heavy atom. The van der Waals surface area contributed by atoms with Gasteiger partial charge in [0.2, 0.25) is 0 Å². The summed E-state index contributed by atoms with van der Waals surface area (Å²) < 4.78 is 0. The molecule has 0 aliphatic rings. The van der Waals surface area contributed by atoms with Crippen molar-refractivity contribution in [3.8, 4) is 0 Å². The molecule has 20 heavy (non-hydrogen) atoms. The summed E-state index contributed by atoms with van der Waals surface area (Å²) in [6.07, 6.45) is 0. The van der Waals surface area contributed by atoms with Crippen molar-refractivity contribution in [1.82, 2.24) is 0 Å². The zero-order valence-electron chi connectivity index (χ0n) is 9.35. The van der Waals surface area contributed by atoms with Gasteiger partial charge >= 0.3 is 37.4 Å². The number of aliphatic carboxylic acids is 6. The van der Waals surface area contributed by atoms with Crippen LogP contribution < -0.4 is 49.5 Å². The van der Waals surface area contributed by atoms with E-state index in [0.29, 0.717) is 0 Å². The van der Waals surface area contributed by atoms with E-state index in [4.69, 9.17) is 59.4 Å². The normalized spacial score (nSPS) is 6.60. The van der Waals surface area contributed by atoms with Gasteiger partial charge in [-0.1, -0.05) is 0 Å². The number of hydrogen-bond donors (Lipinski definition) is 0. The van der Waals surface area contributed by atoms with Gasteiger partial charge in [-0.05, 0) is 0 Å². The van der Waals surface area contributed by atoms with E-state index in [1.165, 1.54) is 0 Å². The van der Waals surface area contributed by atoms with Crippen molar-refractivity contribution in [1.29, 1.82) is 0 Å². The Morgan fingerprint density at radius 1 is 0.400 bits per heavy atom. The number of rotatable bonds is 0. The van der Waals surface area contributed by atoms with E-state index in [-0.39, 0.29) is 37.4 Å². The zero-order valence-corrected chi connectivity index (χ0v) is 10.7. The topological polar surface area (TPSA) is 241 Å². The van der Waals surface area contributed by atoms with Crippen LogP contribution in [0.4, 0.5) is 0 Å². The van der Waals surface area contributed by atoms with Crippen LogP contribution in [0.15, 0.2) is 0 Å². The Morgan fingerprint density at radius 2 is 0.450 bits per heavy atom. The molecular formula is C6LiO12V. The number of carbonyl (C=O) groups excluding carboxylic acids is 6. The molecule has 0 aromatic heterocycles. The molecule has 0 aromatic rings. The van der Waals surface area contributed by atoms with Crippen LogP contribution in [0.25, 0.3) is 0 Å². The van der Waals surface area contributed by atoms with Crippen molar-refractivity contribution >= 4 is 35.8 Å². The molecule has 0 saturated heterocycles. The first-order valence-electron chi connectivity index (χ1n) is 3.20. The third kappa shape index (κ3) is 36.0. The van der Waals surface area contributed by atoms with E-state index in [1.807, 2.05) is 0 Å². The summed E-state index contributed by atoms with van der Waals surface area (Å²) in [6, 6.07) is 0. The smallest absolute Gasteiger partial charge is 0.543 e. The Bertz CT molecular complexity index is 283. The maximum atomic E-state index is 8.93. The largest absolute Gasteiger partial charge is 5.00 e. The van der Waals surface area contributed by atoms with Gasteiger partial charge in [-0.15, -0.1) is 0 Å². The van der Waals surface area contributed by atoms with Gasteiger partial charge in [0.25, 0.3) is 0 Å². The molecule has 0 heterocycles. The third-order valence-electron chi connectivity index (χ3n) is 0.500. The molecule has 0 fully saturated rings. The molecule has 0 unspecified atom stereocenters. The van der Waals surface area contributed by atoms with Crippen LogP contribution in [0.3, 0.4) is 0 Å². The molecule has 0 saturated carbocycles. The molecule has 0 radical (unpaired) electrons. The van der Waals surface area contributed by atoms with Crippen molar-refractivity contribution in [3.63, 3.8) is 0 Å². The van der Waals surface area contributed by atoms with Crippen molar-refractivity contribution < 1.29 is 96.8 Å². The Hall–Kier alpha value is -2.00. The quantitative estimate of drug-likeness (QED) is 0.298. The van der Waals surface area contributed by atoms with Gasteiger partial charge in [-0.3, -0.25) is 0 Å². The van der Waals surface area contributed by atoms with Gasteiger partial charge in [0.1, 0.15) is 0 Å². The Balaban J connectivity index is -0.0000000536. The first-order valence-corrected chi connectivity index (χ1v) is 3.20. The fourth-order valence-electron chi connectivity index (χ4n) is 0. The first-order chi connectivity index (χ1) is 7.93. The third-order valence-corrected chi connectivity index (χ3v) is 0.500. The second-order valence-electron chi connectivity index (χ2n) is 1.72. The second kappa shape index (κ2) is 17.0. The van der Waals surface area contributed by atoms with Gasteiger partial charge < -0.3 is 59.4 Å². The molecule has 0 N–H and O–H groups in total. The standard InChI is InChI=1S/3C2H2O4.Li.V/c3*3-1(4)2(5)6;;/h3*(H,3,4)(H,5,6);;/q;;;+1;+5/p-6. The molecular weight excluding hydrogens is 322 g/mol. The average Bonchev–Trinajstić information content (AvgIpc) is 2.18. The molecule has 0 aromatic carbocycles. The number of hydrogen-bond acceptors (Lipinski definition) is 12. The summed E-state index contributed by atoms with van der Waals surface area (Å²) in [7, 11) is 0. The Labute approximate surface area is 133 Å². The van der Waals surface area contributed by atoms with Crippen molar-refractivity contribution in [3.05, 3.63) is 0 Å². The van der Waals surface area contributed by atoms with Crippen molar-refractivity contribution in [2.24, 2.45) is 0 Å². The maximum Gasteiger partial charge on any atom is 5.00 e. The van der Waals surface area contributed by atoms with E-state index in [0.717, 1.165) is 0 Å². The predicted octanol–water partition coefficient (Wildman–Crippen LogP) is -13.5. The number of carboxylic acid groups (broad SMARTS) is 6. The maximum absolute atomic E-state index is 8.93. The molecule has 0 spiro atoms. The van der Waals surface area contributed by atoms with Crippen LogP contribution >= 0.6 is 0 Å². The van der Waals surface area contributed by atoms with Crippen molar-refractivity contribution in [2.45, 2.75) is 0 Å². The van der Waals surface area contributed by atoms with Crippen LogP contribution in [-0.2, 0) is 47.3 Å². The summed E-state index contributed by atoms with van der Waals surface area (Å²) >= 11 is 0. The van der Waals surface area contributed by atoms with Gasteiger partial charge in [0.15, 0.2) is 0 Å². The van der Waals surface area contributed by atoms with Crippen LogP contribution in [0.5, 0.6) is 0 Å². The summed E-state index contributed by atoms with van der Waals surface area (Å²) in [5.41, 5.74) is 0. The fourth-order valence-corrected chi connectivity index (χ4v) is 0. The minimum atomic E-state index is -2.19. The van der Waals surface area contributed by atoms with Gasteiger partial charge in [0, 0.05) is 0 Å². The van der Waals surface area contributed by atoms with Gasteiger partial charge in [-0.25, -0.2) is 0 Å². The van der Waals surface area contributed by atoms with Gasteiger partial charge in [-0.2, -0.15) is 0 Å². The molecule has 0 aliphatic heterocycles. The average molecular weight is 322 g/mol. The van der Waals surface area contributed by atoms with Crippen LogP contribution in [0, 0.1) is 0 Å². The van der Waals surface area contributed by atoms with Crippen LogP contribution in [0.1, 0.15) is 0 Å². The zero-order chi connectivity index (χ0) is 15.5. The van der Waals surface area contributed by atoms with Crippen LogP contribution in [0.2, 0.25) is 0 Å². The molecule has 0 rings (SSSR count). The van der Waals surface area contributed by atoms with E-state index in [9.17, 15) is 0 Å². The minimum Gasteiger partial charge on any atom is -0.543 e. The summed E-state index contributed by atoms with van der Waals surface area (Å²) in [4.78, 5) is 53.6. The summed E-state index contributed by atoms with van der Waals surface area (Å²) in [5.74, 6) is -13.1. The molecule has 0 bridgehead atoms. The first kappa shape index (κ1) is 30.8. The Kier molecular flexibility index (Phi) is 26.2. The molecule has 12 nitrogen and oxygen atoms in total. The van der Waals surface area contributed by atoms with E-state index in [1.54, 1.807) is 0 Å². The molecule has 14 heteroatoms.